The van der Waals surface area contributed by atoms with Crippen LogP contribution in [0.25, 0.3) is 0 Å². The summed E-state index contributed by atoms with van der Waals surface area (Å²) in [4.78, 5) is 17.9. The number of piperidine rings is 2. The van der Waals surface area contributed by atoms with Crippen LogP contribution < -0.4 is 10.2 Å². The normalized spacial score (nSPS) is 23.2. The molecule has 0 radical (unpaired) electrons. The predicted molar refractivity (Wildman–Crippen MR) is 132 cm³/mol. The summed E-state index contributed by atoms with van der Waals surface area (Å²) in [6.07, 6.45) is 7.27. The molecular formula is C25H40N4O3S. The summed E-state index contributed by atoms with van der Waals surface area (Å²) in [5, 5.41) is 3.07. The van der Waals surface area contributed by atoms with Gasteiger partial charge in [-0.1, -0.05) is 6.42 Å². The fourth-order valence-corrected chi connectivity index (χ4v) is 7.09. The molecule has 1 N–H and O–H groups in total. The van der Waals surface area contributed by atoms with E-state index in [0.29, 0.717) is 42.1 Å². The van der Waals surface area contributed by atoms with Crippen LogP contribution in [0.4, 0.5) is 5.69 Å². The molecule has 3 aliphatic rings. The SMILES string of the molecule is CC(C)N1CCC(CNC(=O)c2ccc(N3CCCCC3)c(S(=O)(=O)N3CCCCC3)c2)C1. The number of sulfonamides is 1. The minimum atomic E-state index is -3.64. The lowest BCUT2D eigenvalue weighted by atomic mass is 10.1. The third kappa shape index (κ3) is 5.72. The van der Waals surface area contributed by atoms with Crippen LogP contribution in [0.1, 0.15) is 69.2 Å². The zero-order valence-electron chi connectivity index (χ0n) is 20.3. The molecule has 1 aromatic carbocycles. The van der Waals surface area contributed by atoms with Crippen LogP contribution in [0.15, 0.2) is 23.1 Å². The van der Waals surface area contributed by atoms with E-state index in [9.17, 15) is 13.2 Å². The molecule has 1 amide bonds. The van der Waals surface area contributed by atoms with Gasteiger partial charge in [0.05, 0.1) is 5.69 Å². The lowest BCUT2D eigenvalue weighted by molar-refractivity contribution is 0.0947. The highest BCUT2D eigenvalue weighted by atomic mass is 32.2. The van der Waals surface area contributed by atoms with Crippen LogP contribution in [0.2, 0.25) is 0 Å². The number of benzene rings is 1. The Morgan fingerprint density at radius 2 is 1.67 bits per heavy atom. The van der Waals surface area contributed by atoms with E-state index in [0.717, 1.165) is 70.4 Å². The first-order valence-corrected chi connectivity index (χ1v) is 14.2. The topological polar surface area (TPSA) is 73.0 Å². The zero-order chi connectivity index (χ0) is 23.4. The number of likely N-dealkylation sites (tertiary alicyclic amines) is 1. The summed E-state index contributed by atoms with van der Waals surface area (Å²) < 4.78 is 28.9. The van der Waals surface area contributed by atoms with Gasteiger partial charge in [-0.05, 0) is 83.0 Å². The van der Waals surface area contributed by atoms with Crippen molar-refractivity contribution in [2.75, 3.05) is 50.7 Å². The van der Waals surface area contributed by atoms with Crippen molar-refractivity contribution in [3.05, 3.63) is 23.8 Å². The van der Waals surface area contributed by atoms with E-state index < -0.39 is 10.0 Å². The van der Waals surface area contributed by atoms with Crippen LogP contribution in [-0.4, -0.2) is 75.4 Å². The fourth-order valence-electron chi connectivity index (χ4n) is 5.34. The van der Waals surface area contributed by atoms with Gasteiger partial charge in [-0.2, -0.15) is 4.31 Å². The van der Waals surface area contributed by atoms with E-state index in [1.165, 1.54) is 6.42 Å². The van der Waals surface area contributed by atoms with Crippen molar-refractivity contribution in [3.63, 3.8) is 0 Å². The Balaban J connectivity index is 1.54. The number of carbonyl (C=O) groups excluding carboxylic acids is 1. The van der Waals surface area contributed by atoms with Crippen LogP contribution >= 0.6 is 0 Å². The van der Waals surface area contributed by atoms with Crippen molar-refractivity contribution >= 4 is 21.6 Å². The molecule has 1 aromatic rings. The third-order valence-electron chi connectivity index (χ3n) is 7.45. The minimum Gasteiger partial charge on any atom is -0.370 e. The summed E-state index contributed by atoms with van der Waals surface area (Å²) in [5.74, 6) is 0.263. The number of hydrogen-bond acceptors (Lipinski definition) is 5. The number of nitrogens with one attached hydrogen (secondary N) is 1. The second-order valence-corrected chi connectivity index (χ2v) is 12.1. The summed E-state index contributed by atoms with van der Waals surface area (Å²) in [6.45, 7) is 9.96. The van der Waals surface area contributed by atoms with Gasteiger partial charge in [0.2, 0.25) is 10.0 Å². The average molecular weight is 477 g/mol. The molecule has 184 valence electrons. The molecule has 8 heteroatoms. The highest BCUT2D eigenvalue weighted by Gasteiger charge is 2.31. The molecule has 0 aliphatic carbocycles. The standard InChI is InChI=1S/C25H40N4O3S/c1-20(2)28-16-11-21(19-28)18-26-25(30)22-9-10-23(27-12-5-3-6-13-27)24(17-22)33(31,32)29-14-7-4-8-15-29/h9-10,17,20-21H,3-8,11-16,18-19H2,1-2H3,(H,26,30). The maximum atomic E-state index is 13.7. The first kappa shape index (κ1) is 24.5. The number of anilines is 1. The largest absolute Gasteiger partial charge is 0.370 e. The van der Waals surface area contributed by atoms with Gasteiger partial charge >= 0.3 is 0 Å². The Morgan fingerprint density at radius 1 is 1.00 bits per heavy atom. The zero-order valence-corrected chi connectivity index (χ0v) is 21.1. The molecule has 1 atom stereocenters. The van der Waals surface area contributed by atoms with E-state index >= 15 is 0 Å². The number of rotatable bonds is 7. The molecule has 0 aromatic heterocycles. The summed E-state index contributed by atoms with van der Waals surface area (Å²) >= 11 is 0. The van der Waals surface area contributed by atoms with Crippen molar-refractivity contribution in [2.45, 2.75) is 69.7 Å². The molecule has 0 saturated carbocycles. The van der Waals surface area contributed by atoms with E-state index in [-0.39, 0.29) is 5.91 Å². The summed E-state index contributed by atoms with van der Waals surface area (Å²) in [6, 6.07) is 5.80. The molecule has 4 rings (SSSR count). The molecule has 0 bridgehead atoms. The number of hydrogen-bond donors (Lipinski definition) is 1. The third-order valence-corrected chi connectivity index (χ3v) is 9.38. The lowest BCUT2D eigenvalue weighted by Crippen LogP contribution is -2.38. The van der Waals surface area contributed by atoms with Crippen LogP contribution in [0, 0.1) is 5.92 Å². The Bertz CT molecular complexity index is 922. The minimum absolute atomic E-state index is 0.182. The van der Waals surface area contributed by atoms with Gasteiger partial charge in [0.15, 0.2) is 0 Å². The van der Waals surface area contributed by atoms with Gasteiger partial charge in [-0.3, -0.25) is 4.79 Å². The Hall–Kier alpha value is -1.64. The summed E-state index contributed by atoms with van der Waals surface area (Å²) in [7, 11) is -3.64. The molecule has 0 spiro atoms. The highest BCUT2D eigenvalue weighted by Crippen LogP contribution is 2.32. The number of amides is 1. The van der Waals surface area contributed by atoms with Crippen molar-refractivity contribution in [1.29, 1.82) is 0 Å². The van der Waals surface area contributed by atoms with Crippen molar-refractivity contribution in [2.24, 2.45) is 5.92 Å². The highest BCUT2D eigenvalue weighted by molar-refractivity contribution is 7.89. The van der Waals surface area contributed by atoms with Gasteiger partial charge < -0.3 is 15.1 Å². The van der Waals surface area contributed by atoms with Crippen molar-refractivity contribution in [3.8, 4) is 0 Å². The van der Waals surface area contributed by atoms with Gasteiger partial charge in [0.25, 0.3) is 5.91 Å². The molecular weight excluding hydrogens is 436 g/mol. The number of carbonyl (C=O) groups is 1. The van der Waals surface area contributed by atoms with E-state index in [1.807, 2.05) is 6.07 Å². The second kappa shape index (κ2) is 10.7. The average Bonchev–Trinajstić information content (AvgIpc) is 3.33. The number of nitrogens with zero attached hydrogens (tertiary/aromatic N) is 3. The first-order chi connectivity index (χ1) is 15.9. The van der Waals surface area contributed by atoms with Crippen LogP contribution in [-0.2, 0) is 10.0 Å². The van der Waals surface area contributed by atoms with Gasteiger partial charge in [0.1, 0.15) is 4.90 Å². The molecule has 1 unspecified atom stereocenters. The lowest BCUT2D eigenvalue weighted by Gasteiger charge is -2.33. The smallest absolute Gasteiger partial charge is 0.251 e. The van der Waals surface area contributed by atoms with E-state index in [4.69, 9.17) is 0 Å². The molecule has 3 aliphatic heterocycles. The monoisotopic (exact) mass is 476 g/mol. The molecule has 3 fully saturated rings. The van der Waals surface area contributed by atoms with Crippen LogP contribution in [0.3, 0.4) is 0 Å². The maximum Gasteiger partial charge on any atom is 0.251 e. The molecule has 3 saturated heterocycles. The summed E-state index contributed by atoms with van der Waals surface area (Å²) in [5.41, 5.74) is 1.19. The Labute approximate surface area is 199 Å². The Morgan fingerprint density at radius 3 is 2.30 bits per heavy atom. The van der Waals surface area contributed by atoms with Crippen molar-refractivity contribution in [1.82, 2.24) is 14.5 Å². The van der Waals surface area contributed by atoms with Crippen molar-refractivity contribution < 1.29 is 13.2 Å². The van der Waals surface area contributed by atoms with Gasteiger partial charge in [-0.25, -0.2) is 8.42 Å². The molecule has 3 heterocycles. The maximum absolute atomic E-state index is 13.7. The quantitative estimate of drug-likeness (QED) is 0.654. The predicted octanol–water partition coefficient (Wildman–Crippen LogP) is 3.31. The second-order valence-electron chi connectivity index (χ2n) is 10.1. The van der Waals surface area contributed by atoms with Crippen LogP contribution in [0.5, 0.6) is 0 Å². The van der Waals surface area contributed by atoms with E-state index in [2.05, 4.69) is 29.0 Å². The molecule has 7 nitrogen and oxygen atoms in total. The molecule has 33 heavy (non-hydrogen) atoms. The van der Waals surface area contributed by atoms with Gasteiger partial charge in [-0.15, -0.1) is 0 Å². The van der Waals surface area contributed by atoms with Gasteiger partial charge in [0, 0.05) is 50.9 Å². The Kier molecular flexibility index (Phi) is 7.97. The fraction of sp³-hybridized carbons (Fsp3) is 0.720. The van der Waals surface area contributed by atoms with E-state index in [1.54, 1.807) is 16.4 Å². The first-order valence-electron chi connectivity index (χ1n) is 12.8.